The van der Waals surface area contributed by atoms with Gasteiger partial charge in [-0.15, -0.1) is 0 Å². The van der Waals surface area contributed by atoms with Crippen molar-refractivity contribution >= 4 is 11.1 Å². The number of benzene rings is 3. The van der Waals surface area contributed by atoms with Gasteiger partial charge in [0.2, 0.25) is 0 Å². The molecule has 0 unspecified atom stereocenters. The fourth-order valence-corrected chi connectivity index (χ4v) is 3.79. The Kier molecular flexibility index (Phi) is 6.20. The van der Waals surface area contributed by atoms with E-state index in [0.717, 1.165) is 30.0 Å². The summed E-state index contributed by atoms with van der Waals surface area (Å²) in [5.41, 5.74) is 7.41. The van der Waals surface area contributed by atoms with Crippen molar-refractivity contribution in [2.24, 2.45) is 0 Å². The van der Waals surface area contributed by atoms with Crippen LogP contribution in [0, 0.1) is 6.92 Å². The van der Waals surface area contributed by atoms with Gasteiger partial charge >= 0.3 is 0 Å². The van der Waals surface area contributed by atoms with E-state index in [1.165, 1.54) is 27.8 Å². The fraction of sp³-hybridized carbons (Fsp3) is 0.259. The van der Waals surface area contributed by atoms with Crippen LogP contribution in [-0.2, 0) is 0 Å². The van der Waals surface area contributed by atoms with Crippen molar-refractivity contribution in [1.82, 2.24) is 4.90 Å². The number of nitrogens with zero attached hydrogens (tertiary/aromatic N) is 1. The first-order valence-electron chi connectivity index (χ1n) is 10.5. The summed E-state index contributed by atoms with van der Waals surface area (Å²) in [6.07, 6.45) is 0.869. The highest BCUT2D eigenvalue weighted by Gasteiger charge is 2.20. The highest BCUT2D eigenvalue weighted by Crippen LogP contribution is 2.41. The number of hydrogen-bond donors (Lipinski definition) is 0. The summed E-state index contributed by atoms with van der Waals surface area (Å²) >= 11 is 0. The summed E-state index contributed by atoms with van der Waals surface area (Å²) in [5.74, 6) is 1.84. The molecular formula is C27H29NO2. The predicted octanol–water partition coefficient (Wildman–Crippen LogP) is 5.68. The van der Waals surface area contributed by atoms with Crippen LogP contribution >= 0.6 is 0 Å². The molecule has 0 saturated carbocycles. The Hall–Kier alpha value is -3.04. The zero-order valence-corrected chi connectivity index (χ0v) is 18.0. The number of likely N-dealkylation sites (N-methyl/N-ethyl adjacent to an activating group) is 1. The zero-order valence-electron chi connectivity index (χ0n) is 18.0. The quantitative estimate of drug-likeness (QED) is 0.532. The van der Waals surface area contributed by atoms with Gasteiger partial charge in [-0.05, 0) is 61.5 Å². The highest BCUT2D eigenvalue weighted by atomic mass is 16.5. The minimum atomic E-state index is 0.676. The van der Waals surface area contributed by atoms with Gasteiger partial charge in [-0.3, -0.25) is 0 Å². The van der Waals surface area contributed by atoms with Crippen LogP contribution in [0.1, 0.15) is 28.7 Å². The van der Waals surface area contributed by atoms with Crippen LogP contribution in [0.25, 0.3) is 11.1 Å². The minimum Gasteiger partial charge on any atom is -0.493 e. The maximum Gasteiger partial charge on any atom is 0.127 e. The molecule has 30 heavy (non-hydrogen) atoms. The normalized spacial score (nSPS) is 13.6. The van der Waals surface area contributed by atoms with Gasteiger partial charge in [-0.1, -0.05) is 60.2 Å². The van der Waals surface area contributed by atoms with Crippen molar-refractivity contribution in [2.75, 3.05) is 33.9 Å². The molecule has 3 nitrogen and oxygen atoms in total. The van der Waals surface area contributed by atoms with Crippen LogP contribution in [-0.4, -0.2) is 38.8 Å². The van der Waals surface area contributed by atoms with Gasteiger partial charge in [-0.25, -0.2) is 0 Å². The van der Waals surface area contributed by atoms with Gasteiger partial charge in [-0.2, -0.15) is 0 Å². The standard InChI is InChI=1S/C27H29NO2/c1-20-8-10-21(11-9-20)24-16-18-30-26-7-5-4-6-25(26)27(24)22-12-14-23(15-13-22)29-19-17-28(2)3/h4-15H,16-19H2,1-3H3. The summed E-state index contributed by atoms with van der Waals surface area (Å²) in [6, 6.07) is 25.6. The van der Waals surface area contributed by atoms with Crippen LogP contribution in [0.3, 0.4) is 0 Å². The molecule has 0 N–H and O–H groups in total. The second-order valence-corrected chi connectivity index (χ2v) is 7.99. The lowest BCUT2D eigenvalue weighted by Crippen LogP contribution is -2.19. The van der Waals surface area contributed by atoms with E-state index in [1.54, 1.807) is 0 Å². The molecule has 0 saturated heterocycles. The Balaban J connectivity index is 1.76. The number of rotatable bonds is 6. The Labute approximate surface area is 179 Å². The molecule has 0 aliphatic carbocycles. The molecule has 0 spiro atoms. The number of para-hydroxylation sites is 1. The van der Waals surface area contributed by atoms with Gasteiger partial charge < -0.3 is 14.4 Å². The first kappa shape index (κ1) is 20.2. The van der Waals surface area contributed by atoms with E-state index in [2.05, 4.69) is 92.6 Å². The van der Waals surface area contributed by atoms with Gasteiger partial charge in [0.15, 0.2) is 0 Å². The zero-order chi connectivity index (χ0) is 20.9. The molecule has 3 heteroatoms. The summed E-state index contributed by atoms with van der Waals surface area (Å²) in [5, 5.41) is 0. The van der Waals surface area contributed by atoms with Crippen molar-refractivity contribution in [2.45, 2.75) is 13.3 Å². The van der Waals surface area contributed by atoms with Crippen molar-refractivity contribution in [3.05, 3.63) is 95.1 Å². The molecule has 3 aromatic rings. The van der Waals surface area contributed by atoms with E-state index in [1.807, 2.05) is 6.07 Å². The Morgan fingerprint density at radius 3 is 2.30 bits per heavy atom. The molecule has 1 heterocycles. The third-order valence-corrected chi connectivity index (χ3v) is 5.42. The minimum absolute atomic E-state index is 0.676. The molecule has 0 bridgehead atoms. The summed E-state index contributed by atoms with van der Waals surface area (Å²) in [6.45, 7) is 4.38. The number of fused-ring (bicyclic) bond motifs is 1. The second kappa shape index (κ2) is 9.19. The Morgan fingerprint density at radius 1 is 0.867 bits per heavy atom. The second-order valence-electron chi connectivity index (χ2n) is 7.99. The molecule has 4 rings (SSSR count). The molecular weight excluding hydrogens is 370 g/mol. The lowest BCUT2D eigenvalue weighted by atomic mass is 9.88. The summed E-state index contributed by atoms with van der Waals surface area (Å²) in [4.78, 5) is 2.12. The van der Waals surface area contributed by atoms with E-state index in [9.17, 15) is 0 Å². The maximum absolute atomic E-state index is 6.10. The molecule has 1 aliphatic heterocycles. The smallest absolute Gasteiger partial charge is 0.127 e. The van der Waals surface area contributed by atoms with Crippen molar-refractivity contribution in [1.29, 1.82) is 0 Å². The van der Waals surface area contributed by atoms with E-state index in [4.69, 9.17) is 9.47 Å². The molecule has 0 aromatic heterocycles. The number of hydrogen-bond acceptors (Lipinski definition) is 3. The van der Waals surface area contributed by atoms with E-state index in [-0.39, 0.29) is 0 Å². The van der Waals surface area contributed by atoms with Crippen molar-refractivity contribution < 1.29 is 9.47 Å². The van der Waals surface area contributed by atoms with E-state index in [0.29, 0.717) is 13.2 Å². The van der Waals surface area contributed by atoms with Gasteiger partial charge in [0.05, 0.1) is 6.61 Å². The van der Waals surface area contributed by atoms with Gasteiger partial charge in [0.1, 0.15) is 18.1 Å². The topological polar surface area (TPSA) is 21.7 Å². The van der Waals surface area contributed by atoms with E-state index >= 15 is 0 Å². The van der Waals surface area contributed by atoms with Crippen LogP contribution in [0.5, 0.6) is 11.5 Å². The molecule has 0 amide bonds. The fourth-order valence-electron chi connectivity index (χ4n) is 3.79. The molecule has 1 aliphatic rings. The van der Waals surface area contributed by atoms with Crippen molar-refractivity contribution in [3.8, 4) is 11.5 Å². The summed E-state index contributed by atoms with van der Waals surface area (Å²) < 4.78 is 12.0. The van der Waals surface area contributed by atoms with Gasteiger partial charge in [0, 0.05) is 18.5 Å². The molecule has 0 fully saturated rings. The van der Waals surface area contributed by atoms with Gasteiger partial charge in [0.25, 0.3) is 0 Å². The van der Waals surface area contributed by atoms with Crippen LogP contribution < -0.4 is 9.47 Å². The number of aryl methyl sites for hydroxylation is 1. The van der Waals surface area contributed by atoms with Crippen LogP contribution in [0.15, 0.2) is 72.8 Å². The lowest BCUT2D eigenvalue weighted by Gasteiger charge is -2.16. The molecule has 3 aromatic carbocycles. The highest BCUT2D eigenvalue weighted by molar-refractivity contribution is 6.00. The first-order valence-corrected chi connectivity index (χ1v) is 10.5. The van der Waals surface area contributed by atoms with Crippen LogP contribution in [0.2, 0.25) is 0 Å². The predicted molar refractivity (Wildman–Crippen MR) is 124 cm³/mol. The van der Waals surface area contributed by atoms with E-state index < -0.39 is 0 Å². The lowest BCUT2D eigenvalue weighted by molar-refractivity contribution is 0.261. The number of ether oxygens (including phenoxy) is 2. The third kappa shape index (κ3) is 4.58. The summed E-state index contributed by atoms with van der Waals surface area (Å²) in [7, 11) is 4.11. The maximum atomic E-state index is 6.10. The van der Waals surface area contributed by atoms with Crippen molar-refractivity contribution in [3.63, 3.8) is 0 Å². The molecule has 0 radical (unpaired) electrons. The Morgan fingerprint density at radius 2 is 1.57 bits per heavy atom. The SMILES string of the molecule is Cc1ccc(C2=C(c3ccc(OCCN(C)C)cc3)c3ccccc3OCC2)cc1. The molecule has 154 valence electrons. The third-order valence-electron chi connectivity index (χ3n) is 5.42. The van der Waals surface area contributed by atoms with Crippen LogP contribution in [0.4, 0.5) is 0 Å². The Bertz CT molecular complexity index is 1020. The average Bonchev–Trinajstić information content (AvgIpc) is 2.94. The monoisotopic (exact) mass is 399 g/mol. The largest absolute Gasteiger partial charge is 0.493 e. The average molecular weight is 400 g/mol. The first-order chi connectivity index (χ1) is 14.6. The molecule has 0 atom stereocenters.